The molecular formula is C23H23FN4O2. The van der Waals surface area contributed by atoms with Crippen molar-refractivity contribution in [2.24, 2.45) is 5.92 Å². The van der Waals surface area contributed by atoms with Gasteiger partial charge in [0, 0.05) is 37.9 Å². The summed E-state index contributed by atoms with van der Waals surface area (Å²) >= 11 is 0. The molecule has 0 spiro atoms. The van der Waals surface area contributed by atoms with Crippen LogP contribution in [-0.2, 0) is 11.3 Å². The molecule has 30 heavy (non-hydrogen) atoms. The zero-order valence-corrected chi connectivity index (χ0v) is 16.5. The van der Waals surface area contributed by atoms with Crippen molar-refractivity contribution in [2.45, 2.75) is 19.4 Å². The number of carbonyl (C=O) groups is 1. The topological polar surface area (TPSA) is 67.4 Å². The molecule has 2 aromatic carbocycles. The smallest absolute Gasteiger partial charge is 0.263 e. The van der Waals surface area contributed by atoms with E-state index in [4.69, 9.17) is 4.74 Å². The van der Waals surface area contributed by atoms with E-state index in [-0.39, 0.29) is 17.6 Å². The molecule has 2 heterocycles. The van der Waals surface area contributed by atoms with E-state index in [9.17, 15) is 9.18 Å². The molecule has 7 heteroatoms. The summed E-state index contributed by atoms with van der Waals surface area (Å²) in [7, 11) is 0. The normalized spacial score (nSPS) is 14.4. The molecule has 0 saturated carbocycles. The van der Waals surface area contributed by atoms with Crippen molar-refractivity contribution >= 4 is 11.7 Å². The van der Waals surface area contributed by atoms with Gasteiger partial charge in [-0.15, -0.1) is 0 Å². The first-order valence-electron chi connectivity index (χ1n) is 10.00. The molecule has 0 atom stereocenters. The maximum atomic E-state index is 13.0. The van der Waals surface area contributed by atoms with Crippen LogP contribution in [0.3, 0.4) is 0 Å². The molecule has 1 aliphatic heterocycles. The predicted molar refractivity (Wildman–Crippen MR) is 112 cm³/mol. The fourth-order valence-electron chi connectivity index (χ4n) is 3.50. The Kier molecular flexibility index (Phi) is 6.17. The van der Waals surface area contributed by atoms with Crippen LogP contribution in [0.15, 0.2) is 67.0 Å². The number of ether oxygens (including phenoxy) is 1. The van der Waals surface area contributed by atoms with Crippen molar-refractivity contribution < 1.29 is 13.9 Å². The number of nitrogens with zero attached hydrogens (tertiary/aromatic N) is 3. The van der Waals surface area contributed by atoms with E-state index in [1.165, 1.54) is 12.1 Å². The van der Waals surface area contributed by atoms with Gasteiger partial charge in [-0.1, -0.05) is 30.3 Å². The van der Waals surface area contributed by atoms with Gasteiger partial charge in [-0.05, 0) is 42.7 Å². The first-order valence-corrected chi connectivity index (χ1v) is 10.00. The monoisotopic (exact) mass is 406 g/mol. The number of carbonyl (C=O) groups excluding carboxylic acids is 1. The van der Waals surface area contributed by atoms with Gasteiger partial charge in [0.1, 0.15) is 11.6 Å². The van der Waals surface area contributed by atoms with Gasteiger partial charge in [0.05, 0.1) is 0 Å². The molecule has 4 rings (SSSR count). The van der Waals surface area contributed by atoms with E-state index < -0.39 is 0 Å². The van der Waals surface area contributed by atoms with Gasteiger partial charge in [-0.2, -0.15) is 0 Å². The van der Waals surface area contributed by atoms with Crippen LogP contribution in [0.5, 0.6) is 11.6 Å². The van der Waals surface area contributed by atoms with Gasteiger partial charge in [0.2, 0.25) is 5.91 Å². The van der Waals surface area contributed by atoms with Crippen molar-refractivity contribution in [2.75, 3.05) is 18.0 Å². The average Bonchev–Trinajstić information content (AvgIpc) is 2.80. The van der Waals surface area contributed by atoms with Crippen LogP contribution in [0.2, 0.25) is 0 Å². The van der Waals surface area contributed by atoms with E-state index in [2.05, 4.69) is 20.2 Å². The van der Waals surface area contributed by atoms with Gasteiger partial charge < -0.3 is 15.0 Å². The molecule has 1 fully saturated rings. The molecule has 1 aromatic heterocycles. The van der Waals surface area contributed by atoms with Crippen molar-refractivity contribution in [1.82, 2.24) is 15.3 Å². The number of piperidine rings is 1. The Morgan fingerprint density at radius 3 is 2.47 bits per heavy atom. The van der Waals surface area contributed by atoms with Crippen LogP contribution in [0, 0.1) is 11.7 Å². The molecular weight excluding hydrogens is 383 g/mol. The van der Waals surface area contributed by atoms with E-state index in [0.717, 1.165) is 18.4 Å². The van der Waals surface area contributed by atoms with Crippen molar-refractivity contribution in [1.29, 1.82) is 0 Å². The average molecular weight is 406 g/mol. The highest BCUT2D eigenvalue weighted by Gasteiger charge is 2.27. The standard InChI is InChI=1S/C23H23FN4O2/c24-19-8-6-17(7-9-19)16-27-22(29)18-10-14-28(15-11-18)21-23(26-13-12-25-21)30-20-4-2-1-3-5-20/h1-9,12-13,18H,10-11,14-16H2,(H,27,29). The van der Waals surface area contributed by atoms with Gasteiger partial charge in [0.15, 0.2) is 5.82 Å². The first kappa shape index (κ1) is 19.8. The highest BCUT2D eigenvalue weighted by molar-refractivity contribution is 5.79. The second kappa shape index (κ2) is 9.35. The number of halogens is 1. The lowest BCUT2D eigenvalue weighted by atomic mass is 9.96. The lowest BCUT2D eigenvalue weighted by Crippen LogP contribution is -2.40. The highest BCUT2D eigenvalue weighted by atomic mass is 19.1. The number of amides is 1. The van der Waals surface area contributed by atoms with Crippen molar-refractivity contribution in [3.8, 4) is 11.6 Å². The minimum absolute atomic E-state index is 0.0267. The fourth-order valence-corrected chi connectivity index (χ4v) is 3.50. The van der Waals surface area contributed by atoms with Gasteiger partial charge in [-0.25, -0.2) is 14.4 Å². The largest absolute Gasteiger partial charge is 0.436 e. The Hall–Kier alpha value is -3.48. The van der Waals surface area contributed by atoms with E-state index in [1.807, 2.05) is 30.3 Å². The van der Waals surface area contributed by atoms with Gasteiger partial charge >= 0.3 is 0 Å². The summed E-state index contributed by atoms with van der Waals surface area (Å²) in [4.78, 5) is 23.4. The summed E-state index contributed by atoms with van der Waals surface area (Å²) < 4.78 is 18.9. The van der Waals surface area contributed by atoms with Crippen LogP contribution < -0.4 is 15.0 Å². The SMILES string of the molecule is O=C(NCc1ccc(F)cc1)C1CCN(c2nccnc2Oc2ccccc2)CC1. The zero-order chi connectivity index (χ0) is 20.8. The minimum Gasteiger partial charge on any atom is -0.436 e. The third kappa shape index (κ3) is 4.92. The molecule has 1 saturated heterocycles. The van der Waals surface area contributed by atoms with Crippen LogP contribution in [0.4, 0.5) is 10.2 Å². The number of hydrogen-bond donors (Lipinski definition) is 1. The maximum Gasteiger partial charge on any atom is 0.263 e. The van der Waals surface area contributed by atoms with Crippen LogP contribution >= 0.6 is 0 Å². The van der Waals surface area contributed by atoms with E-state index in [0.29, 0.717) is 37.1 Å². The quantitative estimate of drug-likeness (QED) is 0.672. The molecule has 1 amide bonds. The van der Waals surface area contributed by atoms with Crippen molar-refractivity contribution in [3.05, 3.63) is 78.4 Å². The molecule has 1 aliphatic rings. The number of rotatable bonds is 6. The molecule has 0 bridgehead atoms. The minimum atomic E-state index is -0.280. The predicted octanol–water partition coefficient (Wildman–Crippen LogP) is 3.94. The summed E-state index contributed by atoms with van der Waals surface area (Å²) in [6.45, 7) is 1.79. The Morgan fingerprint density at radius 2 is 1.73 bits per heavy atom. The summed E-state index contributed by atoms with van der Waals surface area (Å²) in [5, 5.41) is 2.95. The van der Waals surface area contributed by atoms with Gasteiger partial charge in [0.25, 0.3) is 5.88 Å². The third-order valence-electron chi connectivity index (χ3n) is 5.15. The summed E-state index contributed by atoms with van der Waals surface area (Å²) in [6.07, 6.45) is 4.69. The Labute approximate surface area is 174 Å². The van der Waals surface area contributed by atoms with Crippen LogP contribution in [0.25, 0.3) is 0 Å². The van der Waals surface area contributed by atoms with Crippen molar-refractivity contribution in [3.63, 3.8) is 0 Å². The second-order valence-electron chi connectivity index (χ2n) is 7.21. The molecule has 0 unspecified atom stereocenters. The highest BCUT2D eigenvalue weighted by Crippen LogP contribution is 2.30. The third-order valence-corrected chi connectivity index (χ3v) is 5.15. The first-order chi connectivity index (χ1) is 14.7. The lowest BCUT2D eigenvalue weighted by molar-refractivity contribution is -0.125. The number of hydrogen-bond acceptors (Lipinski definition) is 5. The second-order valence-corrected chi connectivity index (χ2v) is 7.21. The summed E-state index contributed by atoms with van der Waals surface area (Å²) in [5.41, 5.74) is 0.879. The number of anilines is 1. The Bertz CT molecular complexity index is 974. The maximum absolute atomic E-state index is 13.0. The number of nitrogens with one attached hydrogen (secondary N) is 1. The Balaban J connectivity index is 1.33. The zero-order valence-electron chi connectivity index (χ0n) is 16.5. The molecule has 1 N–H and O–H groups in total. The molecule has 0 radical (unpaired) electrons. The number of para-hydroxylation sites is 1. The van der Waals surface area contributed by atoms with E-state index >= 15 is 0 Å². The fraction of sp³-hybridized carbons (Fsp3) is 0.261. The summed E-state index contributed by atoms with van der Waals surface area (Å²) in [5.74, 6) is 1.54. The number of benzene rings is 2. The molecule has 6 nitrogen and oxygen atoms in total. The molecule has 154 valence electrons. The number of aromatic nitrogens is 2. The van der Waals surface area contributed by atoms with Crippen LogP contribution in [0.1, 0.15) is 18.4 Å². The van der Waals surface area contributed by atoms with Crippen LogP contribution in [-0.4, -0.2) is 29.0 Å². The summed E-state index contributed by atoms with van der Waals surface area (Å²) in [6, 6.07) is 15.6. The lowest BCUT2D eigenvalue weighted by Gasteiger charge is -2.32. The van der Waals surface area contributed by atoms with Gasteiger partial charge in [-0.3, -0.25) is 4.79 Å². The molecule has 3 aromatic rings. The molecule has 0 aliphatic carbocycles. The van der Waals surface area contributed by atoms with E-state index in [1.54, 1.807) is 24.5 Å². The Morgan fingerprint density at radius 1 is 1.03 bits per heavy atom.